The monoisotopic (exact) mass is 512 g/mol. The predicted octanol–water partition coefficient (Wildman–Crippen LogP) is 5.26. The lowest BCUT2D eigenvalue weighted by atomic mass is 9.95. The van der Waals surface area contributed by atoms with Crippen molar-refractivity contribution >= 4 is 0 Å². The lowest BCUT2D eigenvalue weighted by Crippen LogP contribution is -2.50. The highest BCUT2D eigenvalue weighted by Gasteiger charge is 2.42. The van der Waals surface area contributed by atoms with Crippen LogP contribution in [0, 0.1) is 22.7 Å². The second-order valence-electron chi connectivity index (χ2n) is 8.86. The molecule has 0 unspecified atom stereocenters. The number of hydrogen-bond donors (Lipinski definition) is 0. The maximum atomic E-state index is 10.5. The summed E-state index contributed by atoms with van der Waals surface area (Å²) in [7, 11) is 6.44. The smallest absolute Gasteiger partial charge is 0.128 e. The Balaban J connectivity index is 1.93. The summed E-state index contributed by atoms with van der Waals surface area (Å²) in [5.74, 6) is 2.56. The Morgan fingerprint density at radius 3 is 1.63 bits per heavy atom. The summed E-state index contributed by atoms with van der Waals surface area (Å²) in [5.41, 5.74) is 2.32. The van der Waals surface area contributed by atoms with Gasteiger partial charge in [-0.3, -0.25) is 9.80 Å². The first kappa shape index (κ1) is 26.8. The topological polar surface area (TPSA) is 91.0 Å². The molecule has 0 aliphatic carbocycles. The van der Waals surface area contributed by atoms with Crippen LogP contribution in [0.4, 0.5) is 0 Å². The first-order chi connectivity index (χ1) is 18.6. The van der Waals surface area contributed by atoms with Crippen molar-refractivity contribution in [3.63, 3.8) is 0 Å². The van der Waals surface area contributed by atoms with Crippen molar-refractivity contribution < 1.29 is 18.9 Å². The van der Waals surface area contributed by atoms with Crippen LogP contribution in [0.3, 0.4) is 0 Å². The number of methoxy groups -OCH3 is 4. The van der Waals surface area contributed by atoms with Gasteiger partial charge in [0.1, 0.15) is 35.1 Å². The molecule has 0 spiro atoms. The molecule has 1 aliphatic rings. The van der Waals surface area contributed by atoms with Crippen LogP contribution in [0.25, 0.3) is 0 Å². The van der Waals surface area contributed by atoms with Crippen molar-refractivity contribution in [1.29, 1.82) is 10.5 Å². The molecule has 3 aromatic carbocycles. The molecule has 1 heterocycles. The summed E-state index contributed by atoms with van der Waals surface area (Å²) in [4.78, 5) is 4.22. The third-order valence-electron chi connectivity index (χ3n) is 6.95. The number of nitrogens with zero attached hydrogens (tertiary/aromatic N) is 4. The number of rotatable bonds is 9. The van der Waals surface area contributed by atoms with E-state index in [1.54, 1.807) is 28.4 Å². The van der Waals surface area contributed by atoms with E-state index in [1.165, 1.54) is 0 Å². The Bertz CT molecular complexity index is 1260. The number of benzene rings is 3. The van der Waals surface area contributed by atoms with Crippen molar-refractivity contribution in [2.75, 3.05) is 41.5 Å². The molecule has 38 heavy (non-hydrogen) atoms. The molecule has 0 aromatic heterocycles. The van der Waals surface area contributed by atoms with Gasteiger partial charge < -0.3 is 18.9 Å². The van der Waals surface area contributed by atoms with E-state index < -0.39 is 18.2 Å². The molecule has 8 heteroatoms. The summed E-state index contributed by atoms with van der Waals surface area (Å²) in [6.07, 6.45) is 0.265. The summed E-state index contributed by atoms with van der Waals surface area (Å²) < 4.78 is 22.6. The molecule has 1 fully saturated rings. The van der Waals surface area contributed by atoms with Crippen LogP contribution in [0.2, 0.25) is 0 Å². The molecule has 1 aliphatic heterocycles. The van der Waals surface area contributed by atoms with Gasteiger partial charge in [0.05, 0.1) is 46.7 Å². The van der Waals surface area contributed by atoms with E-state index in [2.05, 4.69) is 21.9 Å². The van der Waals surface area contributed by atoms with E-state index in [4.69, 9.17) is 18.9 Å². The summed E-state index contributed by atoms with van der Waals surface area (Å²) in [6, 6.07) is 24.4. The second kappa shape index (κ2) is 12.3. The third-order valence-corrected chi connectivity index (χ3v) is 6.95. The molecule has 3 aromatic rings. The minimum atomic E-state index is -0.646. The fourth-order valence-corrected chi connectivity index (χ4v) is 5.24. The van der Waals surface area contributed by atoms with Crippen molar-refractivity contribution in [3.05, 3.63) is 83.4 Å². The van der Waals surface area contributed by atoms with Gasteiger partial charge >= 0.3 is 0 Å². The molecule has 0 saturated carbocycles. The van der Waals surface area contributed by atoms with Crippen LogP contribution in [0.5, 0.6) is 23.0 Å². The van der Waals surface area contributed by atoms with Crippen molar-refractivity contribution in [3.8, 4) is 35.1 Å². The standard InChI is InChI=1S/C30H32N4O4/c1-35-21-14-15-29(38-4)24(18-21)30-33(25(19-31)22-10-5-7-12-27(22)36-2)16-9-17-34(30)26(20-32)23-11-6-8-13-28(23)37-3/h5-8,10-15,18,25-26,30H,9,16-17H2,1-4H3/t25-,26-/m0/s1. The maximum absolute atomic E-state index is 10.5. The highest BCUT2D eigenvalue weighted by molar-refractivity contribution is 5.45. The zero-order valence-corrected chi connectivity index (χ0v) is 22.1. The van der Waals surface area contributed by atoms with Crippen LogP contribution < -0.4 is 18.9 Å². The van der Waals surface area contributed by atoms with Gasteiger partial charge in [0.15, 0.2) is 0 Å². The predicted molar refractivity (Wildman–Crippen MR) is 143 cm³/mol. The van der Waals surface area contributed by atoms with Crippen molar-refractivity contribution in [2.45, 2.75) is 24.7 Å². The Hall–Kier alpha value is -4.24. The molecule has 1 saturated heterocycles. The maximum Gasteiger partial charge on any atom is 0.128 e. The zero-order chi connectivity index (χ0) is 27.1. The fourth-order valence-electron chi connectivity index (χ4n) is 5.24. The number of hydrogen-bond acceptors (Lipinski definition) is 8. The van der Waals surface area contributed by atoms with E-state index in [0.717, 1.165) is 23.1 Å². The van der Waals surface area contributed by atoms with Gasteiger partial charge in [-0.15, -0.1) is 0 Å². The molecular weight excluding hydrogens is 480 g/mol. The molecule has 4 rings (SSSR count). The first-order valence-corrected chi connectivity index (χ1v) is 12.4. The minimum Gasteiger partial charge on any atom is -0.497 e. The summed E-state index contributed by atoms with van der Waals surface area (Å²) in [6.45, 7) is 1.25. The Labute approximate surface area is 224 Å². The summed E-state index contributed by atoms with van der Waals surface area (Å²) >= 11 is 0. The quantitative estimate of drug-likeness (QED) is 0.384. The van der Waals surface area contributed by atoms with E-state index in [1.807, 2.05) is 66.7 Å². The van der Waals surface area contributed by atoms with Gasteiger partial charge in [-0.1, -0.05) is 36.4 Å². The zero-order valence-electron chi connectivity index (χ0n) is 22.1. The first-order valence-electron chi connectivity index (χ1n) is 12.4. The van der Waals surface area contributed by atoms with Crippen LogP contribution in [0.15, 0.2) is 66.7 Å². The normalized spacial score (nSPS) is 16.1. The molecule has 0 bridgehead atoms. The van der Waals surface area contributed by atoms with Crippen LogP contribution in [-0.4, -0.2) is 51.3 Å². The van der Waals surface area contributed by atoms with Crippen molar-refractivity contribution in [2.24, 2.45) is 0 Å². The molecule has 0 N–H and O–H groups in total. The lowest BCUT2D eigenvalue weighted by Gasteiger charge is -2.48. The van der Waals surface area contributed by atoms with Crippen LogP contribution >= 0.6 is 0 Å². The van der Waals surface area contributed by atoms with Crippen molar-refractivity contribution in [1.82, 2.24) is 9.80 Å². The number of para-hydroxylation sites is 2. The highest BCUT2D eigenvalue weighted by atomic mass is 16.5. The molecule has 0 amide bonds. The number of ether oxygens (including phenoxy) is 4. The van der Waals surface area contributed by atoms with Crippen LogP contribution in [0.1, 0.15) is 41.4 Å². The van der Waals surface area contributed by atoms with Gasteiger partial charge in [0.25, 0.3) is 0 Å². The Morgan fingerprint density at radius 2 is 1.18 bits per heavy atom. The largest absolute Gasteiger partial charge is 0.497 e. The van der Waals surface area contributed by atoms with E-state index >= 15 is 0 Å². The van der Waals surface area contributed by atoms with E-state index in [-0.39, 0.29) is 0 Å². The summed E-state index contributed by atoms with van der Waals surface area (Å²) in [5, 5.41) is 21.0. The fraction of sp³-hybridized carbons (Fsp3) is 0.333. The van der Waals surface area contributed by atoms with E-state index in [9.17, 15) is 10.5 Å². The average molecular weight is 513 g/mol. The minimum absolute atomic E-state index is 0.488. The third kappa shape index (κ3) is 5.10. The molecule has 8 nitrogen and oxygen atoms in total. The van der Waals surface area contributed by atoms with Gasteiger partial charge in [-0.2, -0.15) is 10.5 Å². The van der Waals surface area contributed by atoms with Gasteiger partial charge in [0, 0.05) is 29.8 Å². The van der Waals surface area contributed by atoms with Crippen LogP contribution in [-0.2, 0) is 0 Å². The van der Waals surface area contributed by atoms with E-state index in [0.29, 0.717) is 36.1 Å². The molecule has 2 atom stereocenters. The van der Waals surface area contributed by atoms with Gasteiger partial charge in [0.2, 0.25) is 0 Å². The lowest BCUT2D eigenvalue weighted by molar-refractivity contribution is -0.0305. The molecule has 0 radical (unpaired) electrons. The average Bonchev–Trinajstić information content (AvgIpc) is 2.98. The molecule has 196 valence electrons. The number of nitriles is 2. The Kier molecular flexibility index (Phi) is 8.70. The SMILES string of the molecule is COc1ccc(OC)c(C2N([C@@H](C#N)c3ccccc3OC)CCCN2[C@@H](C#N)c2ccccc2OC)c1. The second-order valence-corrected chi connectivity index (χ2v) is 8.86. The highest BCUT2D eigenvalue weighted by Crippen LogP contribution is 2.46. The van der Waals surface area contributed by atoms with Gasteiger partial charge in [-0.05, 0) is 36.8 Å². The van der Waals surface area contributed by atoms with Gasteiger partial charge in [-0.25, -0.2) is 0 Å². The molecular formula is C30H32N4O4. The Morgan fingerprint density at radius 1 is 0.684 bits per heavy atom.